The van der Waals surface area contributed by atoms with E-state index in [-0.39, 0.29) is 64.3 Å². The van der Waals surface area contributed by atoms with E-state index in [9.17, 15) is 14.7 Å². The smallest absolute Gasteiger partial charge is 0.355 e. The molecule has 0 spiro atoms. The Bertz CT molecular complexity index is 1970. The van der Waals surface area contributed by atoms with Crippen LogP contribution >= 0.6 is 11.6 Å². The van der Waals surface area contributed by atoms with Gasteiger partial charge in [-0.05, 0) is 57.0 Å². The lowest BCUT2D eigenvalue weighted by Gasteiger charge is -2.41. The number of aromatic nitrogens is 3. The summed E-state index contributed by atoms with van der Waals surface area (Å²) in [5.41, 5.74) is -0.557. The zero-order valence-corrected chi connectivity index (χ0v) is 29.5. The van der Waals surface area contributed by atoms with Crippen LogP contribution in [0.3, 0.4) is 0 Å². The summed E-state index contributed by atoms with van der Waals surface area (Å²) in [5, 5.41) is 11.5. The molecular weight excluding hydrogens is 670 g/mol. The van der Waals surface area contributed by atoms with Crippen LogP contribution in [-0.4, -0.2) is 99.0 Å². The number of pyridine rings is 1. The normalized spacial score (nSPS) is 22.3. The van der Waals surface area contributed by atoms with Gasteiger partial charge in [-0.2, -0.15) is 4.98 Å². The zero-order valence-electron chi connectivity index (χ0n) is 28.7. The van der Waals surface area contributed by atoms with Crippen molar-refractivity contribution in [3.63, 3.8) is 0 Å². The molecule has 3 aromatic rings. The first-order chi connectivity index (χ1) is 23.9. The molecule has 11 nitrogen and oxygen atoms in total. The number of nitrogens with zero attached hydrogens (tertiary/aromatic N) is 6. The van der Waals surface area contributed by atoms with Gasteiger partial charge in [-0.25, -0.2) is 23.1 Å². The molecule has 2 bridgehead atoms. The number of anilines is 1. The molecule has 2 aromatic heterocycles. The Hall–Kier alpha value is -4.33. The fraction of sp³-hybridized carbons (Fsp3) is 0.444. The number of carbonyl (C=O) groups excluding carboxylic acids is 1. The second-order valence-electron chi connectivity index (χ2n) is 13.2. The van der Waals surface area contributed by atoms with Gasteiger partial charge in [-0.1, -0.05) is 32.0 Å². The maximum Gasteiger partial charge on any atom is 0.355 e. The number of halogens is 3. The second kappa shape index (κ2) is 14.1. The third kappa shape index (κ3) is 6.26. The summed E-state index contributed by atoms with van der Waals surface area (Å²) in [6.07, 6.45) is 2.69. The Morgan fingerprint density at radius 2 is 2.00 bits per heavy atom. The number of benzene rings is 1. The molecule has 6 rings (SSSR count). The molecule has 4 atom stereocenters. The van der Waals surface area contributed by atoms with E-state index in [1.165, 1.54) is 28.8 Å². The SMILES string of the molecule is C=CC(=O)N1CCN(c2nc(=O)n3c4nc(c(F)cc24)-c2c(ccc(Cl)c2F)OCC(O)C(OCC)C2=C3[C@@H](C)N(CC(C)C)C=C2)[C@@H](C)C1. The number of aliphatic hydroxyl groups is 1. The highest BCUT2D eigenvalue weighted by molar-refractivity contribution is 6.31. The second-order valence-corrected chi connectivity index (χ2v) is 13.6. The maximum atomic E-state index is 16.5. The fourth-order valence-corrected chi connectivity index (χ4v) is 7.19. The maximum absolute atomic E-state index is 16.5. The standard InChI is InChI=1S/C36H41ClF2N6O5/c1-7-28(47)43-13-14-44(20(5)17-43)34-23-15-25(38)31-29-27(10-9-24(37)30(29)39)50-18-26(46)33(49-8-2)22-11-12-42(16-19(3)4)21(6)32(22)45(35(23)40-31)36(48)41-34/h7,9-12,15,19-21,26,33,46H,1,8,13-14,16-18H2,2-6H3/t20-,21+,26?,33?/m0/s1. The highest BCUT2D eigenvalue weighted by Crippen LogP contribution is 2.41. The molecular formula is C36H41ClF2N6O5. The first-order valence-electron chi connectivity index (χ1n) is 16.8. The molecule has 266 valence electrons. The molecule has 0 saturated carbocycles. The lowest BCUT2D eigenvalue weighted by atomic mass is 9.94. The molecule has 3 aliphatic heterocycles. The third-order valence-corrected chi connectivity index (χ3v) is 9.64. The van der Waals surface area contributed by atoms with Crippen molar-refractivity contribution in [2.75, 3.05) is 44.3 Å². The van der Waals surface area contributed by atoms with Crippen LogP contribution < -0.4 is 15.3 Å². The number of hydrogen-bond acceptors (Lipinski definition) is 9. The Labute approximate surface area is 294 Å². The first kappa shape index (κ1) is 35.5. The number of amides is 1. The van der Waals surface area contributed by atoms with Gasteiger partial charge in [0.2, 0.25) is 5.91 Å². The lowest BCUT2D eigenvalue weighted by Crippen LogP contribution is -2.54. The van der Waals surface area contributed by atoms with Gasteiger partial charge in [0.25, 0.3) is 0 Å². The van der Waals surface area contributed by atoms with Crippen LogP contribution in [0.25, 0.3) is 28.0 Å². The van der Waals surface area contributed by atoms with Gasteiger partial charge in [-0.15, -0.1) is 0 Å². The Balaban J connectivity index is 1.70. The van der Waals surface area contributed by atoms with E-state index in [4.69, 9.17) is 26.1 Å². The Kier molecular flexibility index (Phi) is 10.0. The van der Waals surface area contributed by atoms with Crippen molar-refractivity contribution in [2.45, 2.75) is 58.9 Å². The summed E-state index contributed by atoms with van der Waals surface area (Å²) in [6.45, 7) is 14.7. The topological polar surface area (TPSA) is 113 Å². The number of rotatable bonds is 6. The van der Waals surface area contributed by atoms with E-state index >= 15 is 8.78 Å². The molecule has 0 radical (unpaired) electrons. The average molecular weight is 711 g/mol. The molecule has 1 fully saturated rings. The van der Waals surface area contributed by atoms with E-state index in [0.717, 1.165) is 0 Å². The average Bonchev–Trinajstić information content (AvgIpc) is 3.08. The van der Waals surface area contributed by atoms with Crippen molar-refractivity contribution in [1.82, 2.24) is 24.3 Å². The monoisotopic (exact) mass is 710 g/mol. The van der Waals surface area contributed by atoms with Crippen LogP contribution in [0.2, 0.25) is 5.02 Å². The molecule has 5 heterocycles. The minimum Gasteiger partial charge on any atom is -0.490 e. The van der Waals surface area contributed by atoms with Crippen molar-refractivity contribution in [2.24, 2.45) is 5.92 Å². The predicted molar refractivity (Wildman–Crippen MR) is 188 cm³/mol. The van der Waals surface area contributed by atoms with Gasteiger partial charge >= 0.3 is 5.69 Å². The van der Waals surface area contributed by atoms with Crippen LogP contribution in [0.1, 0.15) is 34.6 Å². The van der Waals surface area contributed by atoms with Gasteiger partial charge in [0, 0.05) is 50.6 Å². The van der Waals surface area contributed by atoms with E-state index < -0.39 is 41.3 Å². The fourth-order valence-electron chi connectivity index (χ4n) is 7.03. The van der Waals surface area contributed by atoms with Gasteiger partial charge in [0.15, 0.2) is 17.3 Å². The van der Waals surface area contributed by atoms with E-state index in [1.807, 2.05) is 24.9 Å². The highest BCUT2D eigenvalue weighted by atomic mass is 35.5. The van der Waals surface area contributed by atoms with Crippen LogP contribution in [-0.2, 0) is 9.53 Å². The van der Waals surface area contributed by atoms with Crippen LogP contribution in [0, 0.1) is 17.6 Å². The van der Waals surface area contributed by atoms with Gasteiger partial charge in [0.1, 0.15) is 36.1 Å². The van der Waals surface area contributed by atoms with Gasteiger partial charge < -0.3 is 29.3 Å². The van der Waals surface area contributed by atoms with Crippen LogP contribution in [0.15, 0.2) is 53.5 Å². The van der Waals surface area contributed by atoms with Gasteiger partial charge in [0.05, 0.1) is 27.7 Å². The lowest BCUT2D eigenvalue weighted by molar-refractivity contribution is -0.126. The van der Waals surface area contributed by atoms with E-state index in [0.29, 0.717) is 37.4 Å². The van der Waals surface area contributed by atoms with Crippen molar-refractivity contribution >= 4 is 40.1 Å². The molecule has 1 N–H and O–H groups in total. The van der Waals surface area contributed by atoms with E-state index in [1.54, 1.807) is 17.9 Å². The molecule has 1 aromatic carbocycles. The largest absolute Gasteiger partial charge is 0.490 e. The molecule has 1 amide bonds. The minimum atomic E-state index is -1.29. The number of hydrogen-bond donors (Lipinski definition) is 1. The first-order valence-corrected chi connectivity index (χ1v) is 17.1. The molecule has 50 heavy (non-hydrogen) atoms. The van der Waals surface area contributed by atoms with Crippen LogP contribution in [0.5, 0.6) is 5.75 Å². The Morgan fingerprint density at radius 1 is 1.24 bits per heavy atom. The third-order valence-electron chi connectivity index (χ3n) is 9.34. The predicted octanol–water partition coefficient (Wildman–Crippen LogP) is 4.86. The van der Waals surface area contributed by atoms with Gasteiger partial charge in [-0.3, -0.25) is 4.79 Å². The number of fused-ring (bicyclic) bond motifs is 4. The minimum absolute atomic E-state index is 0.0166. The molecule has 0 aliphatic carbocycles. The number of piperazine rings is 1. The number of ether oxygens (including phenoxy) is 2. The summed E-state index contributed by atoms with van der Waals surface area (Å²) in [6, 6.07) is 3.07. The number of carbonyl (C=O) groups is 1. The highest BCUT2D eigenvalue weighted by Gasteiger charge is 2.37. The molecule has 2 unspecified atom stereocenters. The molecule has 14 heteroatoms. The van der Waals surface area contributed by atoms with Crippen molar-refractivity contribution in [3.05, 3.63) is 75.8 Å². The summed E-state index contributed by atoms with van der Waals surface area (Å²) >= 11 is 6.21. The van der Waals surface area contributed by atoms with Crippen LogP contribution in [0.4, 0.5) is 14.6 Å². The summed E-state index contributed by atoms with van der Waals surface area (Å²) < 4.78 is 45.8. The summed E-state index contributed by atoms with van der Waals surface area (Å²) in [4.78, 5) is 41.8. The van der Waals surface area contributed by atoms with Crippen molar-refractivity contribution in [3.8, 4) is 17.0 Å². The van der Waals surface area contributed by atoms with E-state index in [2.05, 4.69) is 30.3 Å². The number of aliphatic hydroxyl groups excluding tert-OH is 1. The summed E-state index contributed by atoms with van der Waals surface area (Å²) in [7, 11) is 0. The quantitative estimate of drug-likeness (QED) is 0.359. The van der Waals surface area contributed by atoms with Crippen molar-refractivity contribution < 1.29 is 28.2 Å². The Morgan fingerprint density at radius 3 is 2.68 bits per heavy atom. The molecule has 3 aliphatic rings. The summed E-state index contributed by atoms with van der Waals surface area (Å²) in [5.74, 6) is -1.77. The van der Waals surface area contributed by atoms with Crippen molar-refractivity contribution in [1.29, 1.82) is 0 Å². The zero-order chi connectivity index (χ0) is 36.0. The molecule has 1 saturated heterocycles.